The van der Waals surface area contributed by atoms with E-state index in [2.05, 4.69) is 15.2 Å². The zero-order chi connectivity index (χ0) is 12.4. The van der Waals surface area contributed by atoms with Gasteiger partial charge in [0.15, 0.2) is 0 Å². The van der Waals surface area contributed by atoms with Gasteiger partial charge < -0.3 is 10.3 Å². The van der Waals surface area contributed by atoms with Crippen LogP contribution in [0.15, 0.2) is 18.2 Å². The highest BCUT2D eigenvalue weighted by Crippen LogP contribution is 2.30. The summed E-state index contributed by atoms with van der Waals surface area (Å²) in [6.45, 7) is 0. The summed E-state index contributed by atoms with van der Waals surface area (Å²) in [7, 11) is 0. The maximum Gasteiger partial charge on any atom is 0.397 e. The van der Waals surface area contributed by atoms with Gasteiger partial charge in [-0.25, -0.2) is 9.74 Å². The Bertz CT molecular complexity index is 596. The minimum absolute atomic E-state index is 0.0391. The Balaban J connectivity index is 2.58. The molecule has 2 N–H and O–H groups in total. The number of hydrogen-bond acceptors (Lipinski definition) is 3. The van der Waals surface area contributed by atoms with Crippen molar-refractivity contribution in [1.82, 2.24) is 4.98 Å². The van der Waals surface area contributed by atoms with Crippen LogP contribution < -0.4 is 5.32 Å². The molecule has 1 aromatic carbocycles. The van der Waals surface area contributed by atoms with Gasteiger partial charge in [-0.2, -0.15) is 0 Å². The molecule has 0 radical (unpaired) electrons. The highest BCUT2D eigenvalue weighted by Gasteiger charge is 2.18. The molecule has 0 bridgehead atoms. The van der Waals surface area contributed by atoms with Gasteiger partial charge in [-0.3, -0.25) is 4.79 Å². The molecule has 2 aromatic rings. The van der Waals surface area contributed by atoms with Crippen molar-refractivity contribution < 1.29 is 19.1 Å². The van der Waals surface area contributed by atoms with Gasteiger partial charge in [0, 0.05) is 21.1 Å². The van der Waals surface area contributed by atoms with Gasteiger partial charge in [-0.15, -0.1) is 0 Å². The van der Waals surface area contributed by atoms with E-state index in [4.69, 9.17) is 11.6 Å². The van der Waals surface area contributed by atoms with Gasteiger partial charge in [-0.05, 0) is 18.2 Å². The molecule has 2 rings (SSSR count). The molecule has 5 nitrogen and oxygen atoms in total. The predicted molar refractivity (Wildman–Crippen MR) is 59.5 cm³/mol. The van der Waals surface area contributed by atoms with E-state index in [1.165, 1.54) is 0 Å². The minimum atomic E-state index is -1.20. The standard InChI is InChI=1S/C10H6ClFN2O3/c11-8-6-3-5(13-4-15)1-2-7(6)14-9(8)10(16)17-12/h1-4,14H,(H,13,15). The number of carbonyl (C=O) groups excluding carboxylic acids is 2. The smallest absolute Gasteiger partial charge is 0.348 e. The molecule has 0 saturated heterocycles. The van der Waals surface area contributed by atoms with Crippen molar-refractivity contribution in [2.24, 2.45) is 0 Å². The molecule has 0 unspecified atom stereocenters. The van der Waals surface area contributed by atoms with Crippen LogP contribution in [0.4, 0.5) is 10.2 Å². The van der Waals surface area contributed by atoms with Crippen LogP contribution in [0, 0.1) is 0 Å². The fourth-order valence-electron chi connectivity index (χ4n) is 1.50. The van der Waals surface area contributed by atoms with Gasteiger partial charge >= 0.3 is 5.97 Å². The highest BCUT2D eigenvalue weighted by molar-refractivity contribution is 6.38. The maximum atomic E-state index is 11.8. The number of H-pyrrole nitrogens is 1. The van der Waals surface area contributed by atoms with Gasteiger partial charge in [0.2, 0.25) is 6.41 Å². The van der Waals surface area contributed by atoms with E-state index in [0.29, 0.717) is 23.0 Å². The van der Waals surface area contributed by atoms with E-state index in [9.17, 15) is 14.1 Å². The summed E-state index contributed by atoms with van der Waals surface area (Å²) in [5.74, 6) is -1.20. The molecule has 1 aromatic heterocycles. The molecule has 0 spiro atoms. The third-order valence-electron chi connectivity index (χ3n) is 2.23. The van der Waals surface area contributed by atoms with E-state index >= 15 is 0 Å². The van der Waals surface area contributed by atoms with Crippen LogP contribution in [0.1, 0.15) is 10.5 Å². The Hall–Kier alpha value is -2.08. The van der Waals surface area contributed by atoms with E-state index in [1.807, 2.05) is 0 Å². The lowest BCUT2D eigenvalue weighted by Gasteiger charge is -1.97. The van der Waals surface area contributed by atoms with Crippen LogP contribution in [0.2, 0.25) is 5.02 Å². The van der Waals surface area contributed by atoms with Gasteiger partial charge in [0.1, 0.15) is 5.69 Å². The van der Waals surface area contributed by atoms with Crippen LogP contribution in [-0.4, -0.2) is 17.4 Å². The zero-order valence-electron chi connectivity index (χ0n) is 8.29. The van der Waals surface area contributed by atoms with Gasteiger partial charge in [-0.1, -0.05) is 11.6 Å². The van der Waals surface area contributed by atoms with E-state index < -0.39 is 5.97 Å². The first-order chi connectivity index (χ1) is 8.17. The minimum Gasteiger partial charge on any atom is -0.348 e. The summed E-state index contributed by atoms with van der Waals surface area (Å²) in [6, 6.07) is 4.76. The third kappa shape index (κ3) is 1.94. The molecule has 0 aliphatic heterocycles. The molecular weight excluding hydrogens is 251 g/mol. The SMILES string of the molecule is O=CNc1ccc2[nH]c(C(=O)OF)c(Cl)c2c1. The monoisotopic (exact) mass is 256 g/mol. The lowest BCUT2D eigenvalue weighted by atomic mass is 10.2. The number of rotatable bonds is 3. The highest BCUT2D eigenvalue weighted by atomic mass is 35.5. The first kappa shape index (κ1) is 11.4. The van der Waals surface area contributed by atoms with Crippen LogP contribution >= 0.6 is 11.6 Å². The number of aromatic amines is 1. The number of carbonyl (C=O) groups is 2. The summed E-state index contributed by atoms with van der Waals surface area (Å²) >= 11 is 5.89. The Kier molecular flexibility index (Phi) is 2.97. The van der Waals surface area contributed by atoms with Crippen molar-refractivity contribution in [3.63, 3.8) is 0 Å². The number of fused-ring (bicyclic) bond motifs is 1. The first-order valence-corrected chi connectivity index (χ1v) is 4.89. The maximum absolute atomic E-state index is 11.8. The number of benzene rings is 1. The van der Waals surface area contributed by atoms with Crippen LogP contribution in [0.5, 0.6) is 0 Å². The number of nitrogens with one attached hydrogen (secondary N) is 2. The lowest BCUT2D eigenvalue weighted by Crippen LogP contribution is -1.99. The van der Waals surface area contributed by atoms with Crippen LogP contribution in [-0.2, 0) is 9.74 Å². The van der Waals surface area contributed by atoms with E-state index in [-0.39, 0.29) is 10.7 Å². The van der Waals surface area contributed by atoms with Crippen LogP contribution in [0.3, 0.4) is 0 Å². The summed E-state index contributed by atoms with van der Waals surface area (Å²) in [6.07, 6.45) is 0.512. The normalized spacial score (nSPS) is 10.2. The topological polar surface area (TPSA) is 71.2 Å². The first-order valence-electron chi connectivity index (χ1n) is 4.51. The third-order valence-corrected chi connectivity index (χ3v) is 2.63. The van der Waals surface area contributed by atoms with Crippen molar-refractivity contribution in [1.29, 1.82) is 0 Å². The Morgan fingerprint density at radius 2 is 2.29 bits per heavy atom. The average Bonchev–Trinajstić information content (AvgIpc) is 2.67. The van der Waals surface area contributed by atoms with E-state index in [0.717, 1.165) is 0 Å². The molecular formula is C10H6ClFN2O3. The second-order valence-corrected chi connectivity index (χ2v) is 3.58. The van der Waals surface area contributed by atoms with Crippen LogP contribution in [0.25, 0.3) is 10.9 Å². The molecule has 1 heterocycles. The molecule has 0 fully saturated rings. The number of anilines is 1. The van der Waals surface area contributed by atoms with E-state index in [1.54, 1.807) is 18.2 Å². The number of aromatic nitrogens is 1. The Morgan fingerprint density at radius 3 is 2.94 bits per heavy atom. The number of amides is 1. The summed E-state index contributed by atoms with van der Waals surface area (Å²) < 4.78 is 11.8. The molecule has 7 heteroatoms. The van der Waals surface area contributed by atoms with Crippen molar-refractivity contribution in [2.75, 3.05) is 5.32 Å². The van der Waals surface area contributed by atoms with Crippen molar-refractivity contribution in [2.45, 2.75) is 0 Å². The summed E-state index contributed by atoms with van der Waals surface area (Å²) in [5.41, 5.74) is 0.868. The summed E-state index contributed by atoms with van der Waals surface area (Å²) in [5, 5.41) is 2.96. The molecule has 0 aliphatic carbocycles. The van der Waals surface area contributed by atoms with Crippen molar-refractivity contribution in [3.05, 3.63) is 28.9 Å². The Labute approximate surface area is 99.4 Å². The quantitative estimate of drug-likeness (QED) is 0.829. The average molecular weight is 257 g/mol. The van der Waals surface area contributed by atoms with Gasteiger partial charge in [0.05, 0.1) is 5.02 Å². The van der Waals surface area contributed by atoms with Gasteiger partial charge in [0.25, 0.3) is 0 Å². The van der Waals surface area contributed by atoms with Crippen molar-refractivity contribution >= 4 is 40.6 Å². The second kappa shape index (κ2) is 4.42. The molecule has 1 amide bonds. The largest absolute Gasteiger partial charge is 0.397 e. The van der Waals surface area contributed by atoms with Crippen molar-refractivity contribution in [3.8, 4) is 0 Å². The Morgan fingerprint density at radius 1 is 1.53 bits per heavy atom. The zero-order valence-corrected chi connectivity index (χ0v) is 9.05. The molecule has 17 heavy (non-hydrogen) atoms. The second-order valence-electron chi connectivity index (χ2n) is 3.20. The molecule has 88 valence electrons. The lowest BCUT2D eigenvalue weighted by molar-refractivity contribution is -0.105. The number of halogens is 2. The molecule has 0 aliphatic rings. The number of hydrogen-bond donors (Lipinski definition) is 2. The molecule has 0 saturated carbocycles. The molecule has 0 atom stereocenters. The fraction of sp³-hybridized carbons (Fsp3) is 0. The summed E-state index contributed by atoms with van der Waals surface area (Å²) in [4.78, 5) is 27.0. The predicted octanol–water partition coefficient (Wildman–Crippen LogP) is 2.43. The fourth-order valence-corrected chi connectivity index (χ4v) is 1.78.